The molecule has 0 amide bonds. The van der Waals surface area contributed by atoms with Crippen molar-refractivity contribution in [3.63, 3.8) is 0 Å². The minimum atomic E-state index is -0.110. The average Bonchev–Trinajstić information content (AvgIpc) is 2.69. The fraction of sp³-hybridized carbons (Fsp3) is 0.444. The number of hydroxylamine groups is 1. The van der Waals surface area contributed by atoms with Gasteiger partial charge in [-0.3, -0.25) is 9.82 Å². The molecule has 0 spiro atoms. The van der Waals surface area contributed by atoms with Gasteiger partial charge in [-0.05, 0) is 33.6 Å². The van der Waals surface area contributed by atoms with Crippen molar-refractivity contribution in [1.82, 2.24) is 9.07 Å². The molecule has 2 atom stereocenters. The highest BCUT2D eigenvalue weighted by atomic mass is 79.9. The van der Waals surface area contributed by atoms with Crippen LogP contribution in [0.25, 0.3) is 10.4 Å². The van der Waals surface area contributed by atoms with Crippen molar-refractivity contribution < 1.29 is 4.84 Å². The van der Waals surface area contributed by atoms with E-state index >= 15 is 0 Å². The Kier molecular flexibility index (Phi) is 4.36. The van der Waals surface area contributed by atoms with E-state index in [1.165, 1.54) is 0 Å². The van der Waals surface area contributed by atoms with Gasteiger partial charge in [0, 0.05) is 38.1 Å². The third-order valence-electron chi connectivity index (χ3n) is 2.42. The summed E-state index contributed by atoms with van der Waals surface area (Å²) in [5.41, 5.74) is 9.18. The van der Waals surface area contributed by atoms with Gasteiger partial charge in [0.1, 0.15) is 0 Å². The van der Waals surface area contributed by atoms with Crippen LogP contribution in [0.4, 0.5) is 0 Å². The molecule has 1 aromatic rings. The molecule has 6 nitrogen and oxygen atoms in total. The van der Waals surface area contributed by atoms with Crippen molar-refractivity contribution in [3.8, 4) is 0 Å². The zero-order valence-electron chi connectivity index (χ0n) is 8.70. The molecule has 0 aliphatic carbocycles. The Morgan fingerprint density at radius 1 is 1.65 bits per heavy atom. The van der Waals surface area contributed by atoms with E-state index in [1.54, 1.807) is 10.3 Å². The predicted octanol–water partition coefficient (Wildman–Crippen LogP) is 3.51. The van der Waals surface area contributed by atoms with E-state index in [1.807, 2.05) is 12.1 Å². The SMILES string of the molecule is [N-]=[N+]=NCC1CC(c2ccc(Br)cn2)N(Br)O1. The van der Waals surface area contributed by atoms with Gasteiger partial charge in [-0.15, -0.1) is 4.09 Å². The van der Waals surface area contributed by atoms with E-state index in [2.05, 4.69) is 47.1 Å². The number of nitrogens with zero attached hydrogens (tertiary/aromatic N) is 5. The van der Waals surface area contributed by atoms with Gasteiger partial charge in [0.15, 0.2) is 0 Å². The van der Waals surface area contributed by atoms with Gasteiger partial charge in [0.2, 0.25) is 0 Å². The normalized spacial score (nSPS) is 24.6. The van der Waals surface area contributed by atoms with Gasteiger partial charge in [0.05, 0.1) is 24.4 Å². The third-order valence-corrected chi connectivity index (χ3v) is 3.55. The topological polar surface area (TPSA) is 74.1 Å². The summed E-state index contributed by atoms with van der Waals surface area (Å²) in [6, 6.07) is 3.90. The molecule has 2 rings (SSSR count). The number of halogens is 2. The Morgan fingerprint density at radius 2 is 2.47 bits per heavy atom. The summed E-state index contributed by atoms with van der Waals surface area (Å²) in [5, 5.41) is 3.51. The lowest BCUT2D eigenvalue weighted by atomic mass is 10.1. The monoisotopic (exact) mass is 361 g/mol. The second-order valence-corrected chi connectivity index (χ2v) is 5.18. The van der Waals surface area contributed by atoms with Gasteiger partial charge >= 0.3 is 0 Å². The summed E-state index contributed by atoms with van der Waals surface area (Å²) < 4.78 is 2.52. The highest BCUT2D eigenvalue weighted by Crippen LogP contribution is 2.35. The average molecular weight is 363 g/mol. The van der Waals surface area contributed by atoms with E-state index < -0.39 is 0 Å². The summed E-state index contributed by atoms with van der Waals surface area (Å²) >= 11 is 6.66. The molecule has 1 saturated heterocycles. The van der Waals surface area contributed by atoms with Crippen LogP contribution in [-0.2, 0) is 4.84 Å². The second kappa shape index (κ2) is 5.79. The number of aromatic nitrogens is 1. The third kappa shape index (κ3) is 3.17. The molecule has 0 radical (unpaired) electrons. The first-order valence-corrected chi connectivity index (χ1v) is 6.45. The van der Waals surface area contributed by atoms with Crippen LogP contribution in [0, 0.1) is 0 Å². The van der Waals surface area contributed by atoms with Crippen molar-refractivity contribution in [3.05, 3.63) is 38.9 Å². The predicted molar refractivity (Wildman–Crippen MR) is 68.9 cm³/mol. The fourth-order valence-electron chi connectivity index (χ4n) is 1.64. The number of azide groups is 1. The molecule has 17 heavy (non-hydrogen) atoms. The quantitative estimate of drug-likeness (QED) is 0.357. The maximum Gasteiger partial charge on any atom is 0.0918 e. The van der Waals surface area contributed by atoms with Gasteiger partial charge in [-0.2, -0.15) is 0 Å². The molecule has 1 aromatic heterocycles. The molecule has 1 aliphatic rings. The van der Waals surface area contributed by atoms with Gasteiger partial charge in [-0.1, -0.05) is 5.11 Å². The molecule has 1 fully saturated rings. The molecule has 1 aliphatic heterocycles. The highest BCUT2D eigenvalue weighted by Gasteiger charge is 2.33. The zero-order chi connectivity index (χ0) is 12.3. The van der Waals surface area contributed by atoms with Crippen molar-refractivity contribution >= 4 is 32.1 Å². The van der Waals surface area contributed by atoms with Gasteiger partial charge in [0.25, 0.3) is 0 Å². The molecule has 2 heterocycles. The van der Waals surface area contributed by atoms with E-state index in [9.17, 15) is 0 Å². The molecule has 0 aromatic carbocycles. The number of rotatable bonds is 3. The first-order valence-electron chi connectivity index (χ1n) is 4.95. The Balaban J connectivity index is 2.07. The van der Waals surface area contributed by atoms with Crippen LogP contribution in [0.5, 0.6) is 0 Å². The van der Waals surface area contributed by atoms with Gasteiger partial charge in [-0.25, -0.2) is 0 Å². The van der Waals surface area contributed by atoms with E-state index in [-0.39, 0.29) is 12.1 Å². The van der Waals surface area contributed by atoms with E-state index in [0.717, 1.165) is 16.6 Å². The molecule has 2 unspecified atom stereocenters. The summed E-state index contributed by atoms with van der Waals surface area (Å²) in [6.07, 6.45) is 2.37. The van der Waals surface area contributed by atoms with Crippen LogP contribution in [0.1, 0.15) is 18.2 Å². The molecule has 8 heteroatoms. The minimum Gasteiger partial charge on any atom is -0.284 e. The van der Waals surface area contributed by atoms with Crippen molar-refractivity contribution in [2.45, 2.75) is 18.6 Å². The first kappa shape index (κ1) is 12.8. The van der Waals surface area contributed by atoms with Crippen LogP contribution < -0.4 is 0 Å². The highest BCUT2D eigenvalue weighted by molar-refractivity contribution is 9.10. The Labute approximate surface area is 115 Å². The first-order chi connectivity index (χ1) is 8.20. The minimum absolute atomic E-state index is 0.0296. The second-order valence-electron chi connectivity index (χ2n) is 3.57. The number of hydrogen-bond acceptors (Lipinski definition) is 4. The fourth-order valence-corrected chi connectivity index (χ4v) is 2.48. The van der Waals surface area contributed by atoms with Crippen molar-refractivity contribution in [1.29, 1.82) is 0 Å². The molecule has 0 bridgehead atoms. The maximum absolute atomic E-state index is 8.27. The van der Waals surface area contributed by atoms with Crippen LogP contribution in [0.2, 0.25) is 0 Å². The molecular formula is C9H9Br2N5O. The van der Waals surface area contributed by atoms with Crippen LogP contribution in [0.3, 0.4) is 0 Å². The summed E-state index contributed by atoms with van der Waals surface area (Å²) in [4.78, 5) is 12.5. The van der Waals surface area contributed by atoms with Crippen LogP contribution in [0.15, 0.2) is 27.9 Å². The van der Waals surface area contributed by atoms with Gasteiger partial charge < -0.3 is 0 Å². The van der Waals surface area contributed by atoms with Crippen LogP contribution >= 0.6 is 32.1 Å². The molecule has 90 valence electrons. The van der Waals surface area contributed by atoms with E-state index in [0.29, 0.717) is 6.54 Å². The Bertz CT molecular complexity index is 434. The molecule has 0 saturated carbocycles. The lowest BCUT2D eigenvalue weighted by molar-refractivity contribution is -0.0707. The lowest BCUT2D eigenvalue weighted by Crippen LogP contribution is -2.12. The molecule has 0 N–H and O–H groups in total. The Morgan fingerprint density at radius 3 is 3.12 bits per heavy atom. The maximum atomic E-state index is 8.27. The largest absolute Gasteiger partial charge is 0.284 e. The standard InChI is InChI=1S/C9H9Br2N5O/c10-6-1-2-8(13-4-6)9-3-7(5-14-15-12)17-16(9)11/h1-2,4,7,9H,3,5H2. The Hall–Kier alpha value is -0.660. The zero-order valence-corrected chi connectivity index (χ0v) is 11.9. The van der Waals surface area contributed by atoms with Crippen LogP contribution in [-0.4, -0.2) is 21.7 Å². The molecular weight excluding hydrogens is 354 g/mol. The van der Waals surface area contributed by atoms with E-state index in [4.69, 9.17) is 10.4 Å². The smallest absolute Gasteiger partial charge is 0.0918 e. The number of hydrogen-bond donors (Lipinski definition) is 0. The lowest BCUT2D eigenvalue weighted by Gasteiger charge is -2.13. The summed E-state index contributed by atoms with van der Waals surface area (Å²) in [6.45, 7) is 0.325. The summed E-state index contributed by atoms with van der Waals surface area (Å²) in [7, 11) is 0. The summed E-state index contributed by atoms with van der Waals surface area (Å²) in [5.74, 6) is 0. The number of pyridine rings is 1. The van der Waals surface area contributed by atoms with Crippen molar-refractivity contribution in [2.24, 2.45) is 5.11 Å². The van der Waals surface area contributed by atoms with Crippen molar-refractivity contribution in [2.75, 3.05) is 6.54 Å².